The van der Waals surface area contributed by atoms with Gasteiger partial charge in [-0.05, 0) is 43.4 Å². The van der Waals surface area contributed by atoms with E-state index in [-0.39, 0.29) is 12.1 Å². The van der Waals surface area contributed by atoms with E-state index in [1.165, 1.54) is 31.9 Å². The average molecular weight is 411 g/mol. The largest absolute Gasteiger partial charge is 0.497 e. The summed E-state index contributed by atoms with van der Waals surface area (Å²) in [5, 5.41) is 0. The maximum Gasteiger partial charge on any atom is 0.305 e. The van der Waals surface area contributed by atoms with E-state index in [0.29, 0.717) is 19.8 Å². The Labute approximate surface area is 175 Å². The molecule has 0 heterocycles. The van der Waals surface area contributed by atoms with Crippen LogP contribution in [0.3, 0.4) is 0 Å². The normalized spacial score (nSPS) is 12.0. The Morgan fingerprint density at radius 1 is 0.897 bits per heavy atom. The number of ether oxygens (including phenoxy) is 5. The highest BCUT2D eigenvalue weighted by molar-refractivity contribution is 5.68. The molecule has 0 unspecified atom stereocenters. The number of esters is 1. The van der Waals surface area contributed by atoms with Gasteiger partial charge >= 0.3 is 5.97 Å². The van der Waals surface area contributed by atoms with Gasteiger partial charge in [0.15, 0.2) is 0 Å². The molecular formula is C23H38O6. The van der Waals surface area contributed by atoms with E-state index in [1.54, 1.807) is 14.2 Å². The second-order valence-electron chi connectivity index (χ2n) is 7.12. The summed E-state index contributed by atoms with van der Waals surface area (Å²) >= 11 is 0. The molecule has 0 spiro atoms. The third-order valence-corrected chi connectivity index (χ3v) is 4.80. The third kappa shape index (κ3) is 13.3. The predicted octanol–water partition coefficient (Wildman–Crippen LogP) is 4.88. The van der Waals surface area contributed by atoms with Crippen LogP contribution in [-0.4, -0.2) is 46.8 Å². The first-order valence-corrected chi connectivity index (χ1v) is 10.6. The first-order chi connectivity index (χ1) is 14.2. The number of unbranched alkanes of at least 4 members (excludes halogenated alkanes) is 4. The van der Waals surface area contributed by atoms with E-state index in [9.17, 15) is 4.79 Å². The van der Waals surface area contributed by atoms with E-state index in [1.807, 2.05) is 24.3 Å². The molecule has 6 heteroatoms. The van der Waals surface area contributed by atoms with Gasteiger partial charge in [0.2, 0.25) is 0 Å². The summed E-state index contributed by atoms with van der Waals surface area (Å²) in [6.07, 6.45) is 9.00. The van der Waals surface area contributed by atoms with Crippen LogP contribution in [0.2, 0.25) is 0 Å². The lowest BCUT2D eigenvalue weighted by molar-refractivity contribution is -0.141. The van der Waals surface area contributed by atoms with Crippen molar-refractivity contribution < 1.29 is 28.5 Å². The molecule has 166 valence electrons. The van der Waals surface area contributed by atoms with Crippen molar-refractivity contribution in [3.8, 4) is 5.75 Å². The summed E-state index contributed by atoms with van der Waals surface area (Å²) < 4.78 is 26.3. The summed E-state index contributed by atoms with van der Waals surface area (Å²) in [6, 6.07) is 7.98. The van der Waals surface area contributed by atoms with Crippen molar-refractivity contribution in [2.45, 2.75) is 70.5 Å². The van der Waals surface area contributed by atoms with Gasteiger partial charge in [-0.25, -0.2) is 0 Å². The van der Waals surface area contributed by atoms with Gasteiger partial charge in [-0.15, -0.1) is 0 Å². The third-order valence-electron chi connectivity index (χ3n) is 4.80. The molecule has 0 aliphatic carbocycles. The quantitative estimate of drug-likeness (QED) is 0.195. The van der Waals surface area contributed by atoms with Crippen LogP contribution in [0.5, 0.6) is 5.75 Å². The first-order valence-electron chi connectivity index (χ1n) is 10.6. The lowest BCUT2D eigenvalue weighted by Crippen LogP contribution is -2.15. The van der Waals surface area contributed by atoms with Crippen molar-refractivity contribution in [1.29, 1.82) is 0 Å². The predicted molar refractivity (Wildman–Crippen MR) is 113 cm³/mol. The Hall–Kier alpha value is -1.63. The zero-order valence-corrected chi connectivity index (χ0v) is 18.3. The van der Waals surface area contributed by atoms with E-state index in [0.717, 1.165) is 44.5 Å². The summed E-state index contributed by atoms with van der Waals surface area (Å²) in [5.74, 6) is 0.705. The van der Waals surface area contributed by atoms with Crippen LogP contribution in [-0.2, 0) is 30.3 Å². The molecule has 0 N–H and O–H groups in total. The van der Waals surface area contributed by atoms with Gasteiger partial charge in [-0.1, -0.05) is 37.8 Å². The minimum absolute atomic E-state index is 0.146. The van der Waals surface area contributed by atoms with Crippen molar-refractivity contribution in [3.05, 3.63) is 29.8 Å². The van der Waals surface area contributed by atoms with Crippen LogP contribution in [0.25, 0.3) is 0 Å². The lowest BCUT2D eigenvalue weighted by Gasteiger charge is -2.17. The highest BCUT2D eigenvalue weighted by Gasteiger charge is 2.10. The summed E-state index contributed by atoms with van der Waals surface area (Å²) in [5.41, 5.74) is 1.17. The van der Waals surface area contributed by atoms with Crippen molar-refractivity contribution in [2.75, 3.05) is 34.7 Å². The standard InChI is InChI=1S/C23H38O6/c1-25-19-29-22(11-9-12-23(24)27-3)10-7-5-4-6-8-17-28-18-20-13-15-21(26-2)16-14-20/h13-16,22H,4-12,17-19H2,1-3H3/t22-/m0/s1. The van der Waals surface area contributed by atoms with Crippen LogP contribution < -0.4 is 4.74 Å². The van der Waals surface area contributed by atoms with E-state index >= 15 is 0 Å². The van der Waals surface area contributed by atoms with Gasteiger partial charge in [0.25, 0.3) is 0 Å². The minimum Gasteiger partial charge on any atom is -0.497 e. The zero-order valence-electron chi connectivity index (χ0n) is 18.3. The molecule has 1 rings (SSSR count). The van der Waals surface area contributed by atoms with Gasteiger partial charge in [0.1, 0.15) is 12.5 Å². The summed E-state index contributed by atoms with van der Waals surface area (Å²) in [4.78, 5) is 11.2. The highest BCUT2D eigenvalue weighted by Crippen LogP contribution is 2.16. The monoisotopic (exact) mass is 410 g/mol. The molecule has 0 amide bonds. The highest BCUT2D eigenvalue weighted by atomic mass is 16.7. The Morgan fingerprint density at radius 3 is 2.28 bits per heavy atom. The van der Waals surface area contributed by atoms with Crippen LogP contribution in [0.4, 0.5) is 0 Å². The van der Waals surface area contributed by atoms with E-state index in [2.05, 4.69) is 4.74 Å². The number of methoxy groups -OCH3 is 3. The summed E-state index contributed by atoms with van der Waals surface area (Å²) in [7, 11) is 4.72. The topological polar surface area (TPSA) is 63.2 Å². The van der Waals surface area contributed by atoms with Gasteiger partial charge < -0.3 is 23.7 Å². The van der Waals surface area contributed by atoms with Gasteiger partial charge in [0, 0.05) is 20.1 Å². The number of benzene rings is 1. The van der Waals surface area contributed by atoms with Gasteiger partial charge in [0.05, 0.1) is 26.9 Å². The Bertz CT molecular complexity index is 517. The maximum atomic E-state index is 11.2. The first kappa shape index (κ1) is 25.4. The number of carbonyl (C=O) groups excluding carboxylic acids is 1. The fourth-order valence-corrected chi connectivity index (χ4v) is 3.07. The minimum atomic E-state index is -0.162. The molecule has 0 aliphatic rings. The molecule has 0 fully saturated rings. The molecule has 1 aromatic rings. The Morgan fingerprint density at radius 2 is 1.59 bits per heavy atom. The van der Waals surface area contributed by atoms with Crippen LogP contribution >= 0.6 is 0 Å². The van der Waals surface area contributed by atoms with Crippen molar-refractivity contribution in [1.82, 2.24) is 0 Å². The molecule has 1 aromatic carbocycles. The average Bonchev–Trinajstić information content (AvgIpc) is 2.75. The number of carbonyl (C=O) groups is 1. The van der Waals surface area contributed by atoms with Gasteiger partial charge in [-0.2, -0.15) is 0 Å². The molecule has 0 aromatic heterocycles. The fourth-order valence-electron chi connectivity index (χ4n) is 3.07. The second kappa shape index (κ2) is 17.2. The molecule has 6 nitrogen and oxygen atoms in total. The van der Waals surface area contributed by atoms with Crippen LogP contribution in [0.15, 0.2) is 24.3 Å². The Balaban J connectivity index is 2.02. The van der Waals surface area contributed by atoms with Crippen LogP contribution in [0, 0.1) is 0 Å². The molecule has 1 atom stereocenters. The summed E-state index contributed by atoms with van der Waals surface area (Å²) in [6.45, 7) is 1.74. The lowest BCUT2D eigenvalue weighted by atomic mass is 10.0. The Kier molecular flexibility index (Phi) is 15.1. The van der Waals surface area contributed by atoms with Gasteiger partial charge in [-0.3, -0.25) is 4.79 Å². The fraction of sp³-hybridized carbons (Fsp3) is 0.696. The zero-order chi connectivity index (χ0) is 21.2. The number of rotatable bonds is 18. The molecule has 29 heavy (non-hydrogen) atoms. The SMILES string of the molecule is COCO[C@@H](CCCCCCCOCc1ccc(OC)cc1)CCCC(=O)OC. The molecule has 0 saturated carbocycles. The van der Waals surface area contributed by atoms with Crippen LogP contribution in [0.1, 0.15) is 63.4 Å². The molecule has 0 radical (unpaired) electrons. The number of hydrogen-bond donors (Lipinski definition) is 0. The van der Waals surface area contributed by atoms with Crippen molar-refractivity contribution in [2.24, 2.45) is 0 Å². The molecule has 0 saturated heterocycles. The molecule has 0 aliphatic heterocycles. The second-order valence-corrected chi connectivity index (χ2v) is 7.12. The maximum absolute atomic E-state index is 11.2. The van der Waals surface area contributed by atoms with Crippen molar-refractivity contribution in [3.63, 3.8) is 0 Å². The number of hydrogen-bond acceptors (Lipinski definition) is 6. The smallest absolute Gasteiger partial charge is 0.305 e. The van der Waals surface area contributed by atoms with E-state index in [4.69, 9.17) is 18.9 Å². The molecule has 0 bridgehead atoms. The molecular weight excluding hydrogens is 372 g/mol. The van der Waals surface area contributed by atoms with Crippen molar-refractivity contribution >= 4 is 5.97 Å². The van der Waals surface area contributed by atoms with E-state index < -0.39 is 0 Å².